The SMILES string of the molecule is C=CCCCOC(=O)[C@@H]1[C@H]2C(=O)N(CCCO)C(C(=O)N(CC=C)c3c(C)cccc3C)C23CC[C@@]1(C)O3. The number of allylic oxidation sites excluding steroid dienone is 1. The monoisotopic (exact) mass is 524 g/mol. The molecule has 2 amide bonds. The Morgan fingerprint density at radius 3 is 2.55 bits per heavy atom. The lowest BCUT2D eigenvalue weighted by Crippen LogP contribution is -2.56. The highest BCUT2D eigenvalue weighted by Crippen LogP contribution is 2.63. The number of rotatable bonds is 12. The zero-order valence-corrected chi connectivity index (χ0v) is 22.8. The van der Waals surface area contributed by atoms with Crippen molar-refractivity contribution in [2.45, 2.75) is 70.1 Å². The highest BCUT2D eigenvalue weighted by molar-refractivity contribution is 6.05. The molecule has 0 saturated carbocycles. The van der Waals surface area contributed by atoms with Crippen molar-refractivity contribution >= 4 is 23.5 Å². The second-order valence-corrected chi connectivity index (χ2v) is 10.9. The molecule has 8 nitrogen and oxygen atoms in total. The van der Waals surface area contributed by atoms with Gasteiger partial charge in [-0.1, -0.05) is 30.4 Å². The second kappa shape index (κ2) is 11.0. The minimum atomic E-state index is -1.14. The maximum absolute atomic E-state index is 14.5. The molecule has 3 heterocycles. The third-order valence-electron chi connectivity index (χ3n) is 8.41. The smallest absolute Gasteiger partial charge is 0.312 e. The second-order valence-electron chi connectivity index (χ2n) is 10.9. The summed E-state index contributed by atoms with van der Waals surface area (Å²) in [6, 6.07) is 4.92. The number of carbonyl (C=O) groups is 3. The molecule has 0 aromatic heterocycles. The molecule has 3 aliphatic rings. The highest BCUT2D eigenvalue weighted by Gasteiger charge is 2.78. The summed E-state index contributed by atoms with van der Waals surface area (Å²) < 4.78 is 12.3. The van der Waals surface area contributed by atoms with E-state index in [9.17, 15) is 19.5 Å². The van der Waals surface area contributed by atoms with Crippen molar-refractivity contribution in [2.75, 3.05) is 31.2 Å². The number of anilines is 1. The van der Waals surface area contributed by atoms with Crippen LogP contribution in [-0.4, -0.2) is 71.3 Å². The summed E-state index contributed by atoms with van der Waals surface area (Å²) in [5.41, 5.74) is 0.622. The topological polar surface area (TPSA) is 96.4 Å². The Kier molecular flexibility index (Phi) is 8.14. The number of hydrogen-bond acceptors (Lipinski definition) is 6. The summed E-state index contributed by atoms with van der Waals surface area (Å²) in [6.45, 7) is 13.9. The molecule has 3 aliphatic heterocycles. The third kappa shape index (κ3) is 4.47. The highest BCUT2D eigenvalue weighted by atomic mass is 16.6. The summed E-state index contributed by atoms with van der Waals surface area (Å²) in [4.78, 5) is 45.2. The Bertz CT molecular complexity index is 1100. The molecular weight excluding hydrogens is 484 g/mol. The van der Waals surface area contributed by atoms with Crippen molar-refractivity contribution in [3.63, 3.8) is 0 Å². The molecule has 2 unspecified atom stereocenters. The zero-order valence-electron chi connectivity index (χ0n) is 22.8. The number of hydrogen-bond donors (Lipinski definition) is 1. The van der Waals surface area contributed by atoms with Crippen LogP contribution in [-0.2, 0) is 23.9 Å². The number of amides is 2. The van der Waals surface area contributed by atoms with Crippen LogP contribution < -0.4 is 4.90 Å². The Labute approximate surface area is 225 Å². The van der Waals surface area contributed by atoms with Gasteiger partial charge in [0, 0.05) is 25.4 Å². The molecule has 3 fully saturated rings. The number of fused-ring (bicyclic) bond motifs is 1. The van der Waals surface area contributed by atoms with Gasteiger partial charge in [0.15, 0.2) is 0 Å². The quantitative estimate of drug-likeness (QED) is 0.256. The van der Waals surface area contributed by atoms with Gasteiger partial charge in [0.25, 0.3) is 5.91 Å². The number of aliphatic hydroxyl groups excluding tert-OH is 1. The minimum absolute atomic E-state index is 0.122. The normalized spacial score (nSPS) is 29.3. The molecule has 1 aromatic rings. The molecule has 2 bridgehead atoms. The van der Waals surface area contributed by atoms with Gasteiger partial charge in [-0.15, -0.1) is 13.2 Å². The number of carbonyl (C=O) groups excluding carboxylic acids is 3. The van der Waals surface area contributed by atoms with Gasteiger partial charge in [0.05, 0.1) is 18.1 Å². The first-order chi connectivity index (χ1) is 18.2. The van der Waals surface area contributed by atoms with Gasteiger partial charge >= 0.3 is 5.97 Å². The number of ether oxygens (including phenoxy) is 2. The van der Waals surface area contributed by atoms with E-state index in [0.717, 1.165) is 23.2 Å². The molecule has 3 saturated heterocycles. The Morgan fingerprint density at radius 1 is 1.21 bits per heavy atom. The predicted molar refractivity (Wildman–Crippen MR) is 144 cm³/mol. The van der Waals surface area contributed by atoms with Crippen LogP contribution in [0.4, 0.5) is 5.69 Å². The lowest BCUT2D eigenvalue weighted by atomic mass is 9.66. The van der Waals surface area contributed by atoms with Crippen LogP contribution in [0.1, 0.15) is 50.2 Å². The zero-order chi connectivity index (χ0) is 27.7. The Hall–Kier alpha value is -2.97. The maximum atomic E-state index is 14.5. The summed E-state index contributed by atoms with van der Waals surface area (Å²) in [6.07, 6.45) is 6.17. The van der Waals surface area contributed by atoms with Crippen LogP contribution in [0, 0.1) is 25.7 Å². The molecule has 1 aromatic carbocycles. The van der Waals surface area contributed by atoms with E-state index in [1.807, 2.05) is 39.0 Å². The molecule has 206 valence electrons. The van der Waals surface area contributed by atoms with Crippen molar-refractivity contribution in [3.8, 4) is 0 Å². The first-order valence-corrected chi connectivity index (χ1v) is 13.5. The first-order valence-electron chi connectivity index (χ1n) is 13.5. The van der Waals surface area contributed by atoms with E-state index in [0.29, 0.717) is 25.7 Å². The first kappa shape index (κ1) is 28.0. The molecule has 5 atom stereocenters. The number of benzene rings is 1. The summed E-state index contributed by atoms with van der Waals surface area (Å²) in [7, 11) is 0. The van der Waals surface area contributed by atoms with Gasteiger partial charge in [-0.3, -0.25) is 14.4 Å². The van der Waals surface area contributed by atoms with E-state index in [1.54, 1.807) is 17.1 Å². The van der Waals surface area contributed by atoms with Crippen molar-refractivity contribution < 1.29 is 29.0 Å². The van der Waals surface area contributed by atoms with Crippen molar-refractivity contribution in [2.24, 2.45) is 11.8 Å². The van der Waals surface area contributed by atoms with Gasteiger partial charge in [0.2, 0.25) is 5.91 Å². The van der Waals surface area contributed by atoms with E-state index in [-0.39, 0.29) is 38.1 Å². The fourth-order valence-corrected chi connectivity index (χ4v) is 6.83. The van der Waals surface area contributed by atoms with Crippen LogP contribution in [0.3, 0.4) is 0 Å². The minimum Gasteiger partial charge on any atom is -0.465 e. The van der Waals surface area contributed by atoms with E-state index in [4.69, 9.17) is 9.47 Å². The van der Waals surface area contributed by atoms with Gasteiger partial charge in [-0.05, 0) is 64.0 Å². The number of aryl methyl sites for hydroxylation is 2. The van der Waals surface area contributed by atoms with Crippen molar-refractivity contribution in [3.05, 3.63) is 54.6 Å². The third-order valence-corrected chi connectivity index (χ3v) is 8.41. The average molecular weight is 525 g/mol. The molecule has 8 heteroatoms. The van der Waals surface area contributed by atoms with Gasteiger partial charge in [0.1, 0.15) is 17.6 Å². The fourth-order valence-electron chi connectivity index (χ4n) is 6.83. The van der Waals surface area contributed by atoms with Gasteiger partial charge < -0.3 is 24.4 Å². The standard InChI is InChI=1S/C30H40N2O6/c1-6-8-9-19-37-28(36)23-22-26(34)32(17-11-18-33)25(30(22)15-14-29(23,5)38-30)27(35)31(16-7-2)24-20(3)12-10-13-21(24)4/h6-7,10,12-13,22-23,25,33H,1-2,8-9,11,14-19H2,3-5H3/t22-,23-,25?,29+,30?/m0/s1. The van der Waals surface area contributed by atoms with Crippen LogP contribution in [0.15, 0.2) is 43.5 Å². The van der Waals surface area contributed by atoms with E-state index >= 15 is 0 Å². The van der Waals surface area contributed by atoms with E-state index < -0.39 is 35.0 Å². The molecule has 4 rings (SSSR count). The molecular formula is C30H40N2O6. The number of likely N-dealkylation sites (tertiary alicyclic amines) is 1. The molecule has 38 heavy (non-hydrogen) atoms. The van der Waals surface area contributed by atoms with Crippen LogP contribution in [0.25, 0.3) is 0 Å². The van der Waals surface area contributed by atoms with Crippen LogP contribution in [0.2, 0.25) is 0 Å². The molecule has 0 aliphatic carbocycles. The number of para-hydroxylation sites is 1. The largest absolute Gasteiger partial charge is 0.465 e. The summed E-state index contributed by atoms with van der Waals surface area (Å²) >= 11 is 0. The number of aliphatic hydroxyl groups is 1. The maximum Gasteiger partial charge on any atom is 0.312 e. The van der Waals surface area contributed by atoms with Gasteiger partial charge in [-0.25, -0.2) is 0 Å². The number of nitrogens with zero attached hydrogens (tertiary/aromatic N) is 2. The van der Waals surface area contributed by atoms with Crippen molar-refractivity contribution in [1.82, 2.24) is 4.90 Å². The Morgan fingerprint density at radius 2 is 1.92 bits per heavy atom. The fraction of sp³-hybridized carbons (Fsp3) is 0.567. The average Bonchev–Trinajstić information content (AvgIpc) is 3.44. The number of esters is 1. The van der Waals surface area contributed by atoms with E-state index in [2.05, 4.69) is 13.2 Å². The summed E-state index contributed by atoms with van der Waals surface area (Å²) in [5, 5.41) is 9.58. The lowest BCUT2D eigenvalue weighted by Gasteiger charge is -2.37. The van der Waals surface area contributed by atoms with Gasteiger partial charge in [-0.2, -0.15) is 0 Å². The van der Waals surface area contributed by atoms with Crippen LogP contribution >= 0.6 is 0 Å². The van der Waals surface area contributed by atoms with E-state index in [1.165, 1.54) is 4.90 Å². The van der Waals surface area contributed by atoms with Crippen LogP contribution in [0.5, 0.6) is 0 Å². The molecule has 1 N–H and O–H groups in total. The Balaban J connectivity index is 1.75. The molecule has 1 spiro atoms. The molecule has 0 radical (unpaired) electrons. The lowest BCUT2D eigenvalue weighted by molar-refractivity contribution is -0.159. The predicted octanol–water partition coefficient (Wildman–Crippen LogP) is 3.48. The number of unbranched alkanes of at least 4 members (excludes halogenated alkanes) is 1. The summed E-state index contributed by atoms with van der Waals surface area (Å²) in [5.74, 6) is -2.61. The van der Waals surface area contributed by atoms with Crippen molar-refractivity contribution in [1.29, 1.82) is 0 Å².